The summed E-state index contributed by atoms with van der Waals surface area (Å²) in [6, 6.07) is 14.5. The Labute approximate surface area is 159 Å². The number of carbonyl (C=O) groups excluding carboxylic acids is 1. The molecule has 2 aliphatic rings. The number of piperidine rings is 1. The number of carbonyl (C=O) groups is 1. The van der Waals surface area contributed by atoms with Crippen LogP contribution < -0.4 is 10.6 Å². The quantitative estimate of drug-likeness (QED) is 0.872. The molecule has 2 heterocycles. The van der Waals surface area contributed by atoms with E-state index in [-0.39, 0.29) is 17.9 Å². The summed E-state index contributed by atoms with van der Waals surface area (Å²) in [5, 5.41) is 6.53. The van der Waals surface area contributed by atoms with E-state index in [1.165, 1.54) is 17.7 Å². The second-order valence-electron chi connectivity index (χ2n) is 7.49. The summed E-state index contributed by atoms with van der Waals surface area (Å²) in [4.78, 5) is 14.9. The molecule has 1 saturated heterocycles. The molecule has 4 rings (SSSR count). The largest absolute Gasteiger partial charge is 0.338 e. The van der Waals surface area contributed by atoms with E-state index >= 15 is 0 Å². The second-order valence-corrected chi connectivity index (χ2v) is 7.49. The van der Waals surface area contributed by atoms with Crippen LogP contribution in [0.1, 0.15) is 35.6 Å². The van der Waals surface area contributed by atoms with Gasteiger partial charge in [0.1, 0.15) is 5.82 Å². The van der Waals surface area contributed by atoms with E-state index in [1.807, 2.05) is 17.0 Å². The summed E-state index contributed by atoms with van der Waals surface area (Å²) in [7, 11) is 0. The molecule has 5 heteroatoms. The average molecular weight is 367 g/mol. The zero-order valence-corrected chi connectivity index (χ0v) is 15.5. The molecule has 2 aromatic rings. The monoisotopic (exact) mass is 367 g/mol. The van der Waals surface area contributed by atoms with Gasteiger partial charge in [0.2, 0.25) is 0 Å². The van der Waals surface area contributed by atoms with Gasteiger partial charge in [-0.25, -0.2) is 9.18 Å². The molecule has 2 amide bonds. The lowest BCUT2D eigenvalue weighted by atomic mass is 9.88. The van der Waals surface area contributed by atoms with Gasteiger partial charge in [0.05, 0.1) is 6.04 Å². The van der Waals surface area contributed by atoms with Crippen molar-refractivity contribution in [3.8, 4) is 0 Å². The van der Waals surface area contributed by atoms with Gasteiger partial charge in [-0.05, 0) is 67.1 Å². The Hall–Kier alpha value is -2.40. The van der Waals surface area contributed by atoms with Crippen LogP contribution >= 0.6 is 0 Å². The molecule has 0 aliphatic carbocycles. The Morgan fingerprint density at radius 3 is 2.78 bits per heavy atom. The van der Waals surface area contributed by atoms with Crippen LogP contribution in [-0.2, 0) is 6.42 Å². The minimum absolute atomic E-state index is 0.0376. The van der Waals surface area contributed by atoms with Crippen LogP contribution in [0.25, 0.3) is 0 Å². The van der Waals surface area contributed by atoms with Crippen molar-refractivity contribution in [2.75, 3.05) is 26.2 Å². The Morgan fingerprint density at radius 2 is 2.00 bits per heavy atom. The van der Waals surface area contributed by atoms with Gasteiger partial charge in [-0.2, -0.15) is 0 Å². The van der Waals surface area contributed by atoms with E-state index < -0.39 is 0 Å². The third kappa shape index (κ3) is 3.98. The van der Waals surface area contributed by atoms with Crippen molar-refractivity contribution in [2.45, 2.75) is 25.3 Å². The van der Waals surface area contributed by atoms with Crippen LogP contribution in [0.15, 0.2) is 48.5 Å². The lowest BCUT2D eigenvalue weighted by Gasteiger charge is -2.38. The van der Waals surface area contributed by atoms with E-state index in [0.717, 1.165) is 43.5 Å². The van der Waals surface area contributed by atoms with Gasteiger partial charge in [-0.3, -0.25) is 0 Å². The number of nitrogens with one attached hydrogen (secondary N) is 2. The number of halogens is 1. The van der Waals surface area contributed by atoms with Gasteiger partial charge in [0.25, 0.3) is 0 Å². The van der Waals surface area contributed by atoms with E-state index in [4.69, 9.17) is 0 Å². The molecule has 0 spiro atoms. The van der Waals surface area contributed by atoms with Gasteiger partial charge in [0.15, 0.2) is 0 Å². The first-order valence-electron chi connectivity index (χ1n) is 9.81. The Bertz CT molecular complexity index is 786. The van der Waals surface area contributed by atoms with Crippen LogP contribution in [0.5, 0.6) is 0 Å². The first kappa shape index (κ1) is 18.0. The van der Waals surface area contributed by atoms with Crippen LogP contribution in [0, 0.1) is 11.7 Å². The third-order valence-corrected chi connectivity index (χ3v) is 5.67. The fourth-order valence-electron chi connectivity index (χ4n) is 4.22. The fourth-order valence-corrected chi connectivity index (χ4v) is 4.22. The summed E-state index contributed by atoms with van der Waals surface area (Å²) in [5.41, 5.74) is 3.33. The molecule has 0 aromatic heterocycles. The van der Waals surface area contributed by atoms with Gasteiger partial charge in [-0.15, -0.1) is 0 Å². The maximum absolute atomic E-state index is 13.4. The summed E-state index contributed by atoms with van der Waals surface area (Å²) in [5.74, 6) is 0.229. The molecule has 27 heavy (non-hydrogen) atoms. The average Bonchev–Trinajstić information content (AvgIpc) is 2.72. The fraction of sp³-hybridized carbons (Fsp3) is 0.409. The topological polar surface area (TPSA) is 44.4 Å². The van der Waals surface area contributed by atoms with Crippen LogP contribution in [0.2, 0.25) is 0 Å². The highest BCUT2D eigenvalue weighted by molar-refractivity contribution is 5.76. The molecule has 2 atom stereocenters. The second kappa shape index (κ2) is 8.09. The van der Waals surface area contributed by atoms with E-state index in [2.05, 4.69) is 22.8 Å². The van der Waals surface area contributed by atoms with E-state index in [1.54, 1.807) is 12.1 Å². The predicted molar refractivity (Wildman–Crippen MR) is 104 cm³/mol. The summed E-state index contributed by atoms with van der Waals surface area (Å²) < 4.78 is 13.4. The number of hydrogen-bond acceptors (Lipinski definition) is 2. The highest BCUT2D eigenvalue weighted by Gasteiger charge is 2.32. The van der Waals surface area contributed by atoms with Crippen molar-refractivity contribution < 1.29 is 9.18 Å². The van der Waals surface area contributed by atoms with Crippen molar-refractivity contribution in [1.29, 1.82) is 0 Å². The summed E-state index contributed by atoms with van der Waals surface area (Å²) in [6.45, 7) is 3.39. The van der Waals surface area contributed by atoms with Crippen LogP contribution in [0.4, 0.5) is 9.18 Å². The maximum Gasteiger partial charge on any atom is 0.318 e. The van der Waals surface area contributed by atoms with E-state index in [0.29, 0.717) is 19.0 Å². The van der Waals surface area contributed by atoms with Crippen LogP contribution in [0.3, 0.4) is 0 Å². The zero-order valence-electron chi connectivity index (χ0n) is 15.5. The molecule has 0 saturated carbocycles. The first-order chi connectivity index (χ1) is 13.2. The molecule has 2 aliphatic heterocycles. The maximum atomic E-state index is 13.4. The Balaban J connectivity index is 1.56. The number of urea groups is 1. The molecule has 0 bridgehead atoms. The van der Waals surface area contributed by atoms with Gasteiger partial charge in [0, 0.05) is 13.1 Å². The smallest absolute Gasteiger partial charge is 0.318 e. The molecule has 142 valence electrons. The standard InChI is InChI=1S/C22H26FN3O/c23-19-9-7-18(8-10-19)21-20-6-2-1-5-17(20)11-13-26(21)22(27)25-15-16-4-3-12-24-14-16/h1-2,5-10,16,21,24H,3-4,11-15H2,(H,25,27)/t16-,21-/m0/s1. The van der Waals surface area contributed by atoms with Gasteiger partial charge >= 0.3 is 6.03 Å². The number of rotatable bonds is 3. The number of nitrogens with zero attached hydrogens (tertiary/aromatic N) is 1. The Kier molecular flexibility index (Phi) is 5.39. The summed E-state index contributed by atoms with van der Waals surface area (Å²) in [6.07, 6.45) is 3.15. The van der Waals surface area contributed by atoms with Crippen molar-refractivity contribution in [3.05, 3.63) is 71.0 Å². The van der Waals surface area contributed by atoms with Crippen molar-refractivity contribution in [3.63, 3.8) is 0 Å². The SMILES string of the molecule is O=C(NC[C@H]1CCCNC1)N1CCc2ccccc2[C@@H]1c1ccc(F)cc1. The third-order valence-electron chi connectivity index (χ3n) is 5.67. The van der Waals surface area contributed by atoms with Gasteiger partial charge < -0.3 is 15.5 Å². The lowest BCUT2D eigenvalue weighted by Crippen LogP contribution is -2.48. The predicted octanol–water partition coefficient (Wildman–Crippen LogP) is 3.48. The highest BCUT2D eigenvalue weighted by atomic mass is 19.1. The molecular formula is C22H26FN3O. The number of benzene rings is 2. The Morgan fingerprint density at radius 1 is 1.19 bits per heavy atom. The molecule has 1 fully saturated rings. The van der Waals surface area contributed by atoms with Gasteiger partial charge in [-0.1, -0.05) is 36.4 Å². The molecule has 0 unspecified atom stereocenters. The van der Waals surface area contributed by atoms with Crippen molar-refractivity contribution in [2.24, 2.45) is 5.92 Å². The molecule has 0 radical (unpaired) electrons. The molecule has 4 nitrogen and oxygen atoms in total. The highest BCUT2D eigenvalue weighted by Crippen LogP contribution is 2.35. The molecule has 2 aromatic carbocycles. The number of fused-ring (bicyclic) bond motifs is 1. The number of hydrogen-bond donors (Lipinski definition) is 2. The molecular weight excluding hydrogens is 341 g/mol. The molecule has 2 N–H and O–H groups in total. The van der Waals surface area contributed by atoms with Crippen LogP contribution in [-0.4, -0.2) is 37.1 Å². The van der Waals surface area contributed by atoms with E-state index in [9.17, 15) is 9.18 Å². The van der Waals surface area contributed by atoms with Crippen molar-refractivity contribution in [1.82, 2.24) is 15.5 Å². The first-order valence-corrected chi connectivity index (χ1v) is 9.81. The minimum Gasteiger partial charge on any atom is -0.338 e. The summed E-state index contributed by atoms with van der Waals surface area (Å²) >= 11 is 0. The normalized spacial score (nSPS) is 22.2. The zero-order chi connectivity index (χ0) is 18.6. The van der Waals surface area contributed by atoms with Crippen molar-refractivity contribution >= 4 is 6.03 Å². The minimum atomic E-state index is -0.261. The lowest BCUT2D eigenvalue weighted by molar-refractivity contribution is 0.177. The number of amides is 2.